The minimum Gasteiger partial charge on any atom is -0.496 e. The highest BCUT2D eigenvalue weighted by Gasteiger charge is 2.17. The van der Waals surface area contributed by atoms with Crippen LogP contribution in [0.25, 0.3) is 11.4 Å². The van der Waals surface area contributed by atoms with E-state index < -0.39 is 5.97 Å². The molecule has 0 radical (unpaired) electrons. The zero-order chi connectivity index (χ0) is 16.2. The number of ether oxygens (including phenoxy) is 2. The molecular weight excluding hydrogens is 302 g/mol. The maximum atomic E-state index is 11.7. The van der Waals surface area contributed by atoms with E-state index in [-0.39, 0.29) is 18.3 Å². The van der Waals surface area contributed by atoms with E-state index in [1.807, 2.05) is 12.1 Å². The van der Waals surface area contributed by atoms with Crippen molar-refractivity contribution in [2.75, 3.05) is 7.11 Å². The van der Waals surface area contributed by atoms with Gasteiger partial charge >= 0.3 is 5.97 Å². The van der Waals surface area contributed by atoms with Crippen molar-refractivity contribution in [3.8, 4) is 17.1 Å². The first-order valence-electron chi connectivity index (χ1n) is 6.74. The second kappa shape index (κ2) is 6.30. The van der Waals surface area contributed by atoms with E-state index in [4.69, 9.17) is 18.5 Å². The Bertz CT molecular complexity index is 824. The summed E-state index contributed by atoms with van der Waals surface area (Å²) in [5.41, 5.74) is 1.27. The molecule has 2 heterocycles. The van der Waals surface area contributed by atoms with Crippen LogP contribution < -0.4 is 4.74 Å². The fourth-order valence-electron chi connectivity index (χ4n) is 1.91. The Morgan fingerprint density at radius 3 is 2.78 bits per heavy atom. The Kier molecular flexibility index (Phi) is 4.05. The topological polar surface area (TPSA) is 100 Å². The van der Waals surface area contributed by atoms with E-state index in [2.05, 4.69) is 15.3 Å². The molecule has 1 aromatic carbocycles. The van der Waals surface area contributed by atoms with Crippen molar-refractivity contribution in [3.63, 3.8) is 0 Å². The normalized spacial score (nSPS) is 10.5. The molecule has 0 spiro atoms. The number of carbonyl (C=O) groups excluding carboxylic acids is 1. The van der Waals surface area contributed by atoms with Gasteiger partial charge < -0.3 is 18.5 Å². The summed E-state index contributed by atoms with van der Waals surface area (Å²) in [5.74, 6) is 0.503. The lowest BCUT2D eigenvalue weighted by Crippen LogP contribution is -2.04. The van der Waals surface area contributed by atoms with E-state index >= 15 is 0 Å². The van der Waals surface area contributed by atoms with E-state index in [9.17, 15) is 4.79 Å². The van der Waals surface area contributed by atoms with Gasteiger partial charge in [0.25, 0.3) is 5.89 Å². The van der Waals surface area contributed by atoms with Crippen molar-refractivity contribution in [2.45, 2.75) is 13.5 Å². The van der Waals surface area contributed by atoms with Crippen LogP contribution in [-0.2, 0) is 11.3 Å². The predicted octanol–water partition coefficient (Wildman–Crippen LogP) is 2.40. The van der Waals surface area contributed by atoms with Gasteiger partial charge in [-0.15, -0.1) is 0 Å². The van der Waals surface area contributed by atoms with Gasteiger partial charge in [0.15, 0.2) is 6.61 Å². The molecule has 0 atom stereocenters. The third kappa shape index (κ3) is 3.20. The van der Waals surface area contributed by atoms with Gasteiger partial charge in [0.05, 0.1) is 18.4 Å². The highest BCUT2D eigenvalue weighted by molar-refractivity contribution is 5.86. The van der Waals surface area contributed by atoms with Gasteiger partial charge in [0.1, 0.15) is 5.75 Å². The summed E-state index contributed by atoms with van der Waals surface area (Å²) in [6, 6.07) is 8.75. The molecule has 3 aromatic rings. The van der Waals surface area contributed by atoms with Crippen molar-refractivity contribution in [3.05, 3.63) is 47.7 Å². The van der Waals surface area contributed by atoms with E-state index in [1.54, 1.807) is 26.2 Å². The number of nitrogens with zero attached hydrogens (tertiary/aromatic N) is 3. The van der Waals surface area contributed by atoms with E-state index in [0.29, 0.717) is 22.8 Å². The maximum Gasteiger partial charge on any atom is 0.377 e. The minimum absolute atomic E-state index is 0.0203. The molecule has 0 aliphatic carbocycles. The summed E-state index contributed by atoms with van der Waals surface area (Å²) in [4.78, 5) is 15.9. The van der Waals surface area contributed by atoms with Crippen LogP contribution in [0.5, 0.6) is 5.75 Å². The van der Waals surface area contributed by atoms with Crippen LogP contribution in [0.1, 0.15) is 22.1 Å². The second-order valence-corrected chi connectivity index (χ2v) is 4.62. The molecule has 0 N–H and O–H groups in total. The maximum absolute atomic E-state index is 11.7. The molecule has 3 rings (SSSR count). The minimum atomic E-state index is -0.650. The lowest BCUT2D eigenvalue weighted by Gasteiger charge is -2.03. The fraction of sp³-hybridized carbons (Fsp3) is 0.200. The van der Waals surface area contributed by atoms with Gasteiger partial charge in [-0.05, 0) is 19.1 Å². The summed E-state index contributed by atoms with van der Waals surface area (Å²) in [5, 5.41) is 7.47. The molecule has 2 aromatic heterocycles. The van der Waals surface area contributed by atoms with Crippen LogP contribution >= 0.6 is 0 Å². The van der Waals surface area contributed by atoms with E-state index in [1.165, 1.54) is 6.07 Å². The second-order valence-electron chi connectivity index (χ2n) is 4.62. The Morgan fingerprint density at radius 1 is 1.22 bits per heavy atom. The van der Waals surface area contributed by atoms with Gasteiger partial charge in [-0.1, -0.05) is 22.4 Å². The number of methoxy groups -OCH3 is 1. The van der Waals surface area contributed by atoms with Crippen LogP contribution in [0.4, 0.5) is 0 Å². The SMILES string of the molecule is COc1ccccc1-c1noc(COC(=O)c2cc(C)no2)n1. The third-order valence-corrected chi connectivity index (χ3v) is 2.97. The number of benzene rings is 1. The van der Waals surface area contributed by atoms with Crippen molar-refractivity contribution in [1.82, 2.24) is 15.3 Å². The summed E-state index contributed by atoms with van der Waals surface area (Å²) in [6.45, 7) is 1.54. The molecule has 0 aliphatic heterocycles. The number of aromatic nitrogens is 3. The number of hydrogen-bond acceptors (Lipinski definition) is 8. The molecule has 8 nitrogen and oxygen atoms in total. The molecule has 23 heavy (non-hydrogen) atoms. The molecule has 0 saturated carbocycles. The quantitative estimate of drug-likeness (QED) is 0.662. The van der Waals surface area contributed by atoms with Gasteiger partial charge in [-0.3, -0.25) is 0 Å². The Morgan fingerprint density at radius 2 is 2.04 bits per heavy atom. The van der Waals surface area contributed by atoms with E-state index in [0.717, 1.165) is 0 Å². The molecule has 0 saturated heterocycles. The lowest BCUT2D eigenvalue weighted by atomic mass is 10.2. The Balaban J connectivity index is 1.69. The number of esters is 1. The standard InChI is InChI=1S/C15H13N3O5/c1-9-7-12(22-17-9)15(19)21-8-13-16-14(18-23-13)10-5-3-4-6-11(10)20-2/h3-7H,8H2,1-2H3. The highest BCUT2D eigenvalue weighted by Crippen LogP contribution is 2.27. The van der Waals surface area contributed by atoms with Crippen LogP contribution in [0.3, 0.4) is 0 Å². The van der Waals surface area contributed by atoms with Gasteiger partial charge in [-0.25, -0.2) is 4.79 Å². The molecule has 0 amide bonds. The number of aryl methyl sites for hydroxylation is 1. The molecular formula is C15H13N3O5. The van der Waals surface area contributed by atoms with Gasteiger partial charge in [-0.2, -0.15) is 4.98 Å². The fourth-order valence-corrected chi connectivity index (χ4v) is 1.91. The smallest absolute Gasteiger partial charge is 0.377 e. The van der Waals surface area contributed by atoms with Gasteiger partial charge in [0, 0.05) is 6.07 Å². The van der Waals surface area contributed by atoms with Crippen molar-refractivity contribution in [2.24, 2.45) is 0 Å². The zero-order valence-electron chi connectivity index (χ0n) is 12.5. The van der Waals surface area contributed by atoms with Crippen LogP contribution in [0.15, 0.2) is 39.4 Å². The van der Waals surface area contributed by atoms with Gasteiger partial charge in [0.2, 0.25) is 11.6 Å². The van der Waals surface area contributed by atoms with Crippen LogP contribution in [0.2, 0.25) is 0 Å². The summed E-state index contributed by atoms with van der Waals surface area (Å²) < 4.78 is 20.2. The Labute approximate surface area is 131 Å². The molecule has 118 valence electrons. The molecule has 0 unspecified atom stereocenters. The lowest BCUT2D eigenvalue weighted by molar-refractivity contribution is 0.0383. The molecule has 0 fully saturated rings. The van der Waals surface area contributed by atoms with Crippen molar-refractivity contribution >= 4 is 5.97 Å². The largest absolute Gasteiger partial charge is 0.496 e. The predicted molar refractivity (Wildman–Crippen MR) is 76.6 cm³/mol. The highest BCUT2D eigenvalue weighted by atomic mass is 16.6. The van der Waals surface area contributed by atoms with Crippen LogP contribution in [0, 0.1) is 6.92 Å². The van der Waals surface area contributed by atoms with Crippen molar-refractivity contribution < 1.29 is 23.3 Å². The number of hydrogen-bond donors (Lipinski definition) is 0. The first-order chi connectivity index (χ1) is 11.2. The third-order valence-electron chi connectivity index (χ3n) is 2.97. The monoisotopic (exact) mass is 315 g/mol. The van der Waals surface area contributed by atoms with Crippen LogP contribution in [-0.4, -0.2) is 28.4 Å². The first kappa shape index (κ1) is 14.8. The number of carbonyl (C=O) groups is 1. The average molecular weight is 315 g/mol. The Hall–Kier alpha value is -3.16. The molecule has 0 bridgehead atoms. The summed E-state index contributed by atoms with van der Waals surface area (Å²) in [6.07, 6.45) is 0. The average Bonchev–Trinajstić information content (AvgIpc) is 3.21. The summed E-state index contributed by atoms with van der Waals surface area (Å²) in [7, 11) is 1.56. The molecule has 8 heteroatoms. The number of para-hydroxylation sites is 1. The van der Waals surface area contributed by atoms with Crippen molar-refractivity contribution in [1.29, 1.82) is 0 Å². The first-order valence-corrected chi connectivity index (χ1v) is 6.74. The summed E-state index contributed by atoms with van der Waals surface area (Å²) >= 11 is 0. The zero-order valence-corrected chi connectivity index (χ0v) is 12.5. The number of rotatable bonds is 5. The molecule has 0 aliphatic rings.